The van der Waals surface area contributed by atoms with Crippen molar-refractivity contribution in [2.75, 3.05) is 32.1 Å². The van der Waals surface area contributed by atoms with E-state index in [0.717, 1.165) is 25.0 Å². The third kappa shape index (κ3) is 11.1. The summed E-state index contributed by atoms with van der Waals surface area (Å²) < 4.78 is 5.07. The number of methoxy groups -OCH3 is 1. The van der Waals surface area contributed by atoms with Crippen LogP contribution in [0.5, 0.6) is 0 Å². The number of aryl methyl sites for hydroxylation is 1. The van der Waals surface area contributed by atoms with Crippen LogP contribution in [0.25, 0.3) is 0 Å². The molecule has 0 aliphatic carbocycles. The van der Waals surface area contributed by atoms with E-state index in [4.69, 9.17) is 4.74 Å². The highest BCUT2D eigenvalue weighted by molar-refractivity contribution is 7.13. The van der Waals surface area contributed by atoms with E-state index in [2.05, 4.69) is 17.2 Å². The van der Waals surface area contributed by atoms with Crippen LogP contribution in [-0.4, -0.2) is 48.5 Å². The van der Waals surface area contributed by atoms with Gasteiger partial charge in [-0.1, -0.05) is 45.4 Å². The van der Waals surface area contributed by atoms with Gasteiger partial charge in [0.15, 0.2) is 5.13 Å². The van der Waals surface area contributed by atoms with Gasteiger partial charge in [0.1, 0.15) is 0 Å². The lowest BCUT2D eigenvalue weighted by Gasteiger charge is -2.22. The van der Waals surface area contributed by atoms with Crippen molar-refractivity contribution in [1.29, 1.82) is 0 Å². The number of aromatic nitrogens is 1. The third-order valence-corrected chi connectivity index (χ3v) is 5.20. The highest BCUT2D eigenvalue weighted by Gasteiger charge is 2.17. The Morgan fingerprint density at radius 2 is 1.85 bits per heavy atom. The topological polar surface area (TPSA) is 71.5 Å². The van der Waals surface area contributed by atoms with Crippen molar-refractivity contribution in [3.05, 3.63) is 11.1 Å². The molecule has 0 radical (unpaired) electrons. The molecule has 0 saturated carbocycles. The van der Waals surface area contributed by atoms with Crippen molar-refractivity contribution in [3.63, 3.8) is 0 Å². The van der Waals surface area contributed by atoms with Crippen molar-refractivity contribution in [2.24, 2.45) is 0 Å². The van der Waals surface area contributed by atoms with Gasteiger partial charge in [0.2, 0.25) is 11.8 Å². The summed E-state index contributed by atoms with van der Waals surface area (Å²) in [5, 5.41) is 5.24. The van der Waals surface area contributed by atoms with Crippen LogP contribution < -0.4 is 5.32 Å². The number of anilines is 1. The molecule has 2 amide bonds. The molecule has 0 spiro atoms. The Balaban J connectivity index is 2.39. The number of carbonyl (C=O) groups excluding carboxylic acids is 2. The summed E-state index contributed by atoms with van der Waals surface area (Å²) in [6, 6.07) is 0. The monoisotopic (exact) mass is 397 g/mol. The van der Waals surface area contributed by atoms with E-state index in [1.54, 1.807) is 12.0 Å². The zero-order valence-electron chi connectivity index (χ0n) is 17.1. The van der Waals surface area contributed by atoms with Crippen LogP contribution in [0.2, 0.25) is 0 Å². The van der Waals surface area contributed by atoms with E-state index in [1.807, 2.05) is 12.3 Å². The van der Waals surface area contributed by atoms with Gasteiger partial charge in [-0.05, 0) is 19.8 Å². The van der Waals surface area contributed by atoms with Gasteiger partial charge in [0.25, 0.3) is 0 Å². The Morgan fingerprint density at radius 1 is 1.15 bits per heavy atom. The molecule has 0 unspecified atom stereocenters. The van der Waals surface area contributed by atoms with Crippen LogP contribution in [0.3, 0.4) is 0 Å². The number of amides is 2. The Kier molecular flexibility index (Phi) is 12.7. The van der Waals surface area contributed by atoms with Crippen LogP contribution in [0.15, 0.2) is 5.38 Å². The van der Waals surface area contributed by atoms with E-state index < -0.39 is 0 Å². The van der Waals surface area contributed by atoms with Crippen LogP contribution >= 0.6 is 11.3 Å². The van der Waals surface area contributed by atoms with E-state index in [-0.39, 0.29) is 18.4 Å². The molecule has 0 aliphatic rings. The van der Waals surface area contributed by atoms with Crippen molar-refractivity contribution in [2.45, 2.75) is 71.6 Å². The normalized spacial score (nSPS) is 10.8. The molecule has 1 aromatic rings. The molecule has 0 aliphatic heterocycles. The molecule has 6 nitrogen and oxygen atoms in total. The molecule has 0 aromatic carbocycles. The maximum absolute atomic E-state index is 12.6. The molecule has 1 aromatic heterocycles. The van der Waals surface area contributed by atoms with E-state index in [9.17, 15) is 9.59 Å². The number of hydrogen-bond acceptors (Lipinski definition) is 5. The molecule has 0 atom stereocenters. The number of hydrogen-bond donors (Lipinski definition) is 1. The predicted octanol–water partition coefficient (Wildman–Crippen LogP) is 4.40. The smallest absolute Gasteiger partial charge is 0.245 e. The second-order valence-electron chi connectivity index (χ2n) is 6.88. The highest BCUT2D eigenvalue weighted by atomic mass is 32.1. The third-order valence-electron chi connectivity index (χ3n) is 4.32. The zero-order valence-corrected chi connectivity index (χ0v) is 17.9. The lowest BCUT2D eigenvalue weighted by atomic mass is 10.1. The van der Waals surface area contributed by atoms with Crippen molar-refractivity contribution < 1.29 is 14.3 Å². The van der Waals surface area contributed by atoms with Gasteiger partial charge in [-0.3, -0.25) is 9.59 Å². The van der Waals surface area contributed by atoms with Crippen molar-refractivity contribution in [1.82, 2.24) is 9.88 Å². The Bertz CT molecular complexity index is 548. The summed E-state index contributed by atoms with van der Waals surface area (Å²) in [6.45, 7) is 5.28. The maximum atomic E-state index is 12.6. The molecule has 154 valence electrons. The molecular formula is C20H35N3O3S. The second kappa shape index (κ2) is 14.6. The second-order valence-corrected chi connectivity index (χ2v) is 7.73. The lowest BCUT2D eigenvalue weighted by molar-refractivity contribution is -0.135. The lowest BCUT2D eigenvalue weighted by Crippen LogP contribution is -2.39. The minimum absolute atomic E-state index is 0.0464. The molecule has 1 heterocycles. The Labute approximate surface area is 167 Å². The molecule has 0 saturated heterocycles. The molecule has 1 N–H and O–H groups in total. The first-order valence-corrected chi connectivity index (χ1v) is 10.9. The average Bonchev–Trinajstić information content (AvgIpc) is 3.04. The van der Waals surface area contributed by atoms with Gasteiger partial charge < -0.3 is 15.0 Å². The van der Waals surface area contributed by atoms with Gasteiger partial charge in [-0.2, -0.15) is 0 Å². The predicted molar refractivity (Wildman–Crippen MR) is 111 cm³/mol. The first-order chi connectivity index (χ1) is 13.1. The van der Waals surface area contributed by atoms with Crippen LogP contribution in [0, 0.1) is 6.92 Å². The maximum Gasteiger partial charge on any atom is 0.245 e. The minimum Gasteiger partial charge on any atom is -0.385 e. The molecule has 27 heavy (non-hydrogen) atoms. The van der Waals surface area contributed by atoms with Crippen molar-refractivity contribution >= 4 is 28.3 Å². The quantitative estimate of drug-likeness (QED) is 0.445. The standard InChI is InChI=1S/C20H35N3O3S/c1-4-5-6-7-8-9-10-12-19(25)23(13-11-14-26-3)15-18(24)22-20-21-17(2)16-27-20/h16H,4-15H2,1-3H3,(H,21,22,24). The molecular weight excluding hydrogens is 362 g/mol. The summed E-state index contributed by atoms with van der Waals surface area (Å²) in [4.78, 5) is 30.7. The van der Waals surface area contributed by atoms with Gasteiger partial charge in [0.05, 0.1) is 12.2 Å². The van der Waals surface area contributed by atoms with Crippen LogP contribution in [0.4, 0.5) is 5.13 Å². The summed E-state index contributed by atoms with van der Waals surface area (Å²) in [5.74, 6) is -0.153. The number of unbranched alkanes of at least 4 members (excludes halogenated alkanes) is 6. The number of ether oxygens (including phenoxy) is 1. The average molecular weight is 398 g/mol. The first kappa shape index (κ1) is 23.6. The summed E-state index contributed by atoms with van der Waals surface area (Å²) >= 11 is 1.39. The minimum atomic E-state index is -0.199. The molecule has 7 heteroatoms. The number of nitrogens with one attached hydrogen (secondary N) is 1. The fraction of sp³-hybridized carbons (Fsp3) is 0.750. The number of rotatable bonds is 15. The summed E-state index contributed by atoms with van der Waals surface area (Å²) in [6.07, 6.45) is 9.44. The van der Waals surface area contributed by atoms with E-state index in [0.29, 0.717) is 24.7 Å². The first-order valence-electron chi connectivity index (χ1n) is 10.1. The van der Waals surface area contributed by atoms with Crippen molar-refractivity contribution in [3.8, 4) is 0 Å². The summed E-state index contributed by atoms with van der Waals surface area (Å²) in [7, 11) is 1.64. The van der Waals surface area contributed by atoms with Gasteiger partial charge in [0, 0.05) is 32.1 Å². The zero-order chi connectivity index (χ0) is 19.9. The van der Waals surface area contributed by atoms with Gasteiger partial charge >= 0.3 is 0 Å². The van der Waals surface area contributed by atoms with E-state index >= 15 is 0 Å². The number of nitrogens with zero attached hydrogens (tertiary/aromatic N) is 2. The van der Waals surface area contributed by atoms with E-state index in [1.165, 1.54) is 43.4 Å². The largest absolute Gasteiger partial charge is 0.385 e. The Hall–Kier alpha value is -1.47. The van der Waals surface area contributed by atoms with Gasteiger partial charge in [-0.15, -0.1) is 11.3 Å². The molecule has 0 bridgehead atoms. The number of thiazole rings is 1. The Morgan fingerprint density at radius 3 is 2.48 bits per heavy atom. The fourth-order valence-electron chi connectivity index (χ4n) is 2.83. The SMILES string of the molecule is CCCCCCCCCC(=O)N(CCCOC)CC(=O)Nc1nc(C)cs1. The highest BCUT2D eigenvalue weighted by Crippen LogP contribution is 2.14. The molecule has 0 fully saturated rings. The van der Waals surface area contributed by atoms with Crippen LogP contribution in [0.1, 0.15) is 70.4 Å². The fourth-order valence-corrected chi connectivity index (χ4v) is 3.53. The summed E-state index contributed by atoms with van der Waals surface area (Å²) in [5.41, 5.74) is 0.877. The number of carbonyl (C=O) groups is 2. The van der Waals surface area contributed by atoms with Gasteiger partial charge in [-0.25, -0.2) is 4.98 Å². The molecule has 1 rings (SSSR count). The van der Waals surface area contributed by atoms with Crippen LogP contribution in [-0.2, 0) is 14.3 Å².